The van der Waals surface area contributed by atoms with Gasteiger partial charge in [-0.1, -0.05) is 0 Å². The van der Waals surface area contributed by atoms with Gasteiger partial charge in [0.15, 0.2) is 0 Å². The first-order chi connectivity index (χ1) is 38.0. The summed E-state index contributed by atoms with van der Waals surface area (Å²) in [5.41, 5.74) is 0.870. The largest absolute Gasteiger partial charge is 1.00 e. The van der Waals surface area contributed by atoms with Gasteiger partial charge in [-0.3, -0.25) is 10.2 Å². The Morgan fingerprint density at radius 2 is 0.830 bits per heavy atom. The molecule has 8 rings (SSSR count). The van der Waals surface area contributed by atoms with Crippen molar-refractivity contribution in [3.8, 4) is 0 Å². The number of nitrogens with zero attached hydrogens (tertiary/aromatic N) is 9. The van der Waals surface area contributed by atoms with Gasteiger partial charge in [-0.15, -0.1) is 10.2 Å². The van der Waals surface area contributed by atoms with E-state index in [4.69, 9.17) is 28.9 Å². The fourth-order valence-electron chi connectivity index (χ4n) is 6.93. The fraction of sp³-hybridized carbons (Fsp3) is 0. The molecule has 428 valence electrons. The number of carbonyl (C=O) groups excluding carboxylic acids is 1. The number of azo groups is 1. The number of nitrogens with one attached hydrogen (secondary N) is 5. The molecule has 0 saturated carbocycles. The molecule has 0 fully saturated rings. The average Bonchev–Trinajstić information content (AvgIpc) is 0.821. The van der Waals surface area contributed by atoms with Crippen LogP contribution in [0.15, 0.2) is 136 Å². The van der Waals surface area contributed by atoms with E-state index in [-0.39, 0.29) is 212 Å². The quantitative estimate of drug-likeness (QED) is 0.0153. The van der Waals surface area contributed by atoms with Crippen LogP contribution in [0.2, 0.25) is 10.6 Å². The molecular weight excluding hydrogens is 1400 g/mol. The molecule has 48 heteroatoms. The zero-order chi connectivity index (χ0) is 60.1. The van der Waals surface area contributed by atoms with Gasteiger partial charge < -0.3 is 54.3 Å². The molecule has 0 radical (unpaired) electrons. The second-order valence-corrected chi connectivity index (χ2v) is 24.7. The van der Waals surface area contributed by atoms with Crippen molar-refractivity contribution in [1.82, 2.24) is 29.9 Å². The van der Waals surface area contributed by atoms with E-state index in [1.165, 1.54) is 24.3 Å². The van der Waals surface area contributed by atoms with Crippen molar-refractivity contribution >= 4 is 171 Å². The Morgan fingerprint density at radius 1 is 0.443 bits per heavy atom. The first-order valence-corrected chi connectivity index (χ1v) is 30.4. The molecular formula is C40H23Cl2N15Na6O19S6. The molecule has 0 aliphatic heterocycles. The molecule has 2 heterocycles. The Kier molecular flexibility index (Phi) is 29.9. The average molecular weight is 1420 g/mol. The number of halogens is 2. The van der Waals surface area contributed by atoms with Crippen LogP contribution in [-0.4, -0.2) is 119 Å². The maximum absolute atomic E-state index is 14.2. The topological polar surface area (TPSA) is 561 Å². The Morgan fingerprint density at radius 3 is 1.23 bits per heavy atom. The van der Waals surface area contributed by atoms with E-state index < -0.39 is 158 Å². The van der Waals surface area contributed by atoms with Gasteiger partial charge >= 0.3 is 177 Å². The summed E-state index contributed by atoms with van der Waals surface area (Å²) in [6, 6.07) is 14.1. The molecule has 0 spiro atoms. The van der Waals surface area contributed by atoms with E-state index in [2.05, 4.69) is 66.5 Å². The molecule has 0 atom stereocenters. The number of carbonyl (C=O) groups is 1. The van der Waals surface area contributed by atoms with Gasteiger partial charge in [-0.25, -0.2) is 50.5 Å². The molecule has 7 N–H and O–H groups in total. The van der Waals surface area contributed by atoms with Crippen molar-refractivity contribution in [1.29, 1.82) is 0 Å². The number of nitrogens with two attached hydrogens (primary N) is 1. The summed E-state index contributed by atoms with van der Waals surface area (Å²) < 4.78 is 219. The minimum absolute atomic E-state index is 0. The van der Waals surface area contributed by atoms with Gasteiger partial charge in [0.25, 0.3) is 0 Å². The predicted molar refractivity (Wildman–Crippen MR) is 276 cm³/mol. The monoisotopic (exact) mass is 1420 g/mol. The number of hydrogen-bond donors (Lipinski definition) is 6. The molecule has 0 bridgehead atoms. The number of ketones is 1. The summed E-state index contributed by atoms with van der Waals surface area (Å²) in [4.78, 5) is 31.2. The number of hydrazone groups is 1. The van der Waals surface area contributed by atoms with Crippen LogP contribution >= 0.6 is 23.2 Å². The maximum atomic E-state index is 14.2. The van der Waals surface area contributed by atoms with E-state index in [0.29, 0.717) is 24.3 Å². The zero-order valence-corrected chi connectivity index (χ0v) is 63.7. The third-order valence-electron chi connectivity index (χ3n) is 10.4. The Labute approximate surface area is 640 Å². The summed E-state index contributed by atoms with van der Waals surface area (Å²) in [5.74, 6) is -3.01. The summed E-state index contributed by atoms with van der Waals surface area (Å²) in [7, 11) is -32.3. The number of anilines is 10. The van der Waals surface area contributed by atoms with Gasteiger partial charge in [0, 0.05) is 22.7 Å². The normalized spacial score (nSPS) is 12.9. The summed E-state index contributed by atoms with van der Waals surface area (Å²) in [6.45, 7) is 0. The fourth-order valence-corrected chi connectivity index (χ4v) is 10.8. The van der Waals surface area contributed by atoms with E-state index in [9.17, 15) is 82.6 Å². The number of aromatic nitrogens is 6. The van der Waals surface area contributed by atoms with Gasteiger partial charge in [0.05, 0.1) is 46.3 Å². The van der Waals surface area contributed by atoms with Crippen LogP contribution in [0.3, 0.4) is 0 Å². The number of benzene rings is 5. The van der Waals surface area contributed by atoms with Crippen molar-refractivity contribution in [2.24, 2.45) is 15.3 Å². The Bertz CT molecular complexity index is 4690. The van der Waals surface area contributed by atoms with Gasteiger partial charge in [0.1, 0.15) is 77.8 Å². The molecule has 1 aliphatic rings. The Balaban J connectivity index is 0.00000440. The minimum Gasteiger partial charge on any atom is -0.744 e. The number of fused-ring (bicyclic) bond motifs is 1. The van der Waals surface area contributed by atoms with Crippen molar-refractivity contribution < 1.29 is 260 Å². The van der Waals surface area contributed by atoms with Gasteiger partial charge in [-0.2, -0.15) is 35.0 Å². The van der Waals surface area contributed by atoms with Gasteiger partial charge in [0.2, 0.25) is 40.1 Å². The smallest absolute Gasteiger partial charge is 0.744 e. The minimum atomic E-state index is -5.84. The predicted octanol–water partition coefficient (Wildman–Crippen LogP) is -14.6. The number of nitrogen functional groups attached to an aromatic ring is 1. The van der Waals surface area contributed by atoms with Crippen molar-refractivity contribution in [3.63, 3.8) is 0 Å². The zero-order valence-electron chi connectivity index (χ0n) is 45.3. The molecule has 2 aromatic heterocycles. The van der Waals surface area contributed by atoms with E-state index in [1.54, 1.807) is 0 Å². The molecule has 0 amide bonds. The molecule has 88 heavy (non-hydrogen) atoms. The third-order valence-corrected chi connectivity index (χ3v) is 15.9. The molecule has 7 aromatic rings. The second-order valence-electron chi connectivity index (χ2n) is 15.9. The number of hydrogen-bond acceptors (Lipinski definition) is 34. The van der Waals surface area contributed by atoms with Crippen molar-refractivity contribution in [3.05, 3.63) is 118 Å². The molecule has 5 aromatic carbocycles. The van der Waals surface area contributed by atoms with Crippen molar-refractivity contribution in [2.75, 3.05) is 32.4 Å². The summed E-state index contributed by atoms with van der Waals surface area (Å²) in [6.07, 6.45) is 0.354. The molecule has 34 nitrogen and oxygen atoms in total. The number of rotatable bonds is 18. The number of allylic oxidation sites excluding steroid dienone is 1. The van der Waals surface area contributed by atoms with E-state index in [0.717, 1.165) is 48.5 Å². The van der Waals surface area contributed by atoms with Crippen LogP contribution in [0.5, 0.6) is 0 Å². The first-order valence-electron chi connectivity index (χ1n) is 21.1. The van der Waals surface area contributed by atoms with Crippen LogP contribution in [-0.2, 0) is 60.7 Å². The van der Waals surface area contributed by atoms with Crippen molar-refractivity contribution in [2.45, 2.75) is 24.5 Å². The van der Waals surface area contributed by atoms with Crippen LogP contribution < -0.4 is 210 Å². The van der Waals surface area contributed by atoms with Crippen LogP contribution in [0.1, 0.15) is 15.9 Å². The number of Topliss-reactive ketones (excluding diaryl/α,β-unsaturated/α-hetero) is 1. The van der Waals surface area contributed by atoms with Crippen LogP contribution in [0.25, 0.3) is 6.08 Å². The Hall–Kier alpha value is -2.36. The van der Waals surface area contributed by atoms with E-state index in [1.807, 2.05) is 5.43 Å². The molecule has 0 unspecified atom stereocenters. The molecule has 1 aliphatic carbocycles. The van der Waals surface area contributed by atoms with Crippen LogP contribution in [0.4, 0.5) is 69.3 Å². The maximum Gasteiger partial charge on any atom is 1.00 e. The second kappa shape index (κ2) is 32.2. The SMILES string of the molecule is Nc1c(N=Nc2ccc(Nc3nc(Cl)nc(Nc4ccc(S(=O)(=O)[O-])cc4)n3)cc2S(=O)(=O)[O-])c(S(=O)(=O)[O-])cc2c1C(=O)/C(=N\Nc1ccc(Nc3nc(Cl)nc(Nc4ccc(S(=O)(=O)[O-])cc4)n3)cc1S(=O)(=O)[O-])C(S(=O)(=O)[O-])=C2.[Na+].[Na+].[Na+].[Na+].[Na+].[Na+]. The standard InChI is InChI=1S/C40H29Cl2N15O19S6.6Na/c41-35-48-37(44-18-1-7-22(8-2-18)77(59,60)61)52-39(50-35)46-20-5-11-24(26(15-20)79(65,66)67)54-56-32-28(81(71,72)73)13-17-14-29(82(74,75)76)33(34(58)30(17)31(32)43)57-55-25-12-6-21(16-27(25)80(68,69)70)47-40-51-36(42)49-38(53-40)45-19-3-9-23(10-4-19)78(62,63)64;;;;;;/h1-16,55H,43H2,(H,59,60,61)(H,62,63,64)(H,65,66,67)(H,68,69,70)(H,71,72,73)(H,74,75,76)(H2,44,46,48,50,52)(H2,45,47,49,51,53);;;;;;/q;6*+1/p-6/b56-54?,57-33-;;;;;;. The van der Waals surface area contributed by atoms with Gasteiger partial charge in [-0.05, 0) is 126 Å². The first kappa shape index (κ1) is 81.7. The summed E-state index contributed by atoms with van der Waals surface area (Å²) >= 11 is 12.0. The summed E-state index contributed by atoms with van der Waals surface area (Å²) in [5, 5.41) is 20.2. The van der Waals surface area contributed by atoms with Crippen LogP contribution in [0, 0.1) is 0 Å². The molecule has 0 saturated heterocycles. The van der Waals surface area contributed by atoms with E-state index >= 15 is 0 Å². The third kappa shape index (κ3) is 20.8.